The molecule has 1 aliphatic carbocycles. The van der Waals surface area contributed by atoms with E-state index in [9.17, 15) is 24.0 Å². The summed E-state index contributed by atoms with van der Waals surface area (Å²) in [5.74, 6) is -2.73. The highest BCUT2D eigenvalue weighted by molar-refractivity contribution is 6.37. The van der Waals surface area contributed by atoms with Crippen molar-refractivity contribution in [1.29, 1.82) is 0 Å². The summed E-state index contributed by atoms with van der Waals surface area (Å²) in [6.45, 7) is 16.4. The first-order valence-corrected chi connectivity index (χ1v) is 15.0. The van der Waals surface area contributed by atoms with Gasteiger partial charge in [0.05, 0.1) is 18.6 Å². The molecule has 0 aromatic heterocycles. The molecule has 0 radical (unpaired) electrons. The van der Waals surface area contributed by atoms with Crippen molar-refractivity contribution in [3.05, 3.63) is 24.3 Å². The number of allylic oxidation sites excluding steroid dienone is 1. The van der Waals surface area contributed by atoms with E-state index in [0.29, 0.717) is 32.4 Å². The summed E-state index contributed by atoms with van der Waals surface area (Å²) >= 11 is 0. The van der Waals surface area contributed by atoms with E-state index >= 15 is 0 Å². The van der Waals surface area contributed by atoms with E-state index in [4.69, 9.17) is 4.74 Å². The van der Waals surface area contributed by atoms with Gasteiger partial charge >= 0.3 is 5.97 Å². The Balaban J connectivity index is 2.33. The third-order valence-electron chi connectivity index (χ3n) is 8.28. The Labute approximate surface area is 241 Å². The van der Waals surface area contributed by atoms with Gasteiger partial charge in [-0.25, -0.2) is 4.79 Å². The fraction of sp³-hybridized carbons (Fsp3) is 0.727. The molecule has 224 valence electrons. The van der Waals surface area contributed by atoms with Crippen LogP contribution in [0.2, 0.25) is 0 Å². The minimum atomic E-state index is -0.655. The van der Waals surface area contributed by atoms with Crippen LogP contribution in [0.15, 0.2) is 24.3 Å². The molecule has 7 nitrogen and oxygen atoms in total. The molecular formula is C33H51NO6. The second-order valence-corrected chi connectivity index (χ2v) is 13.8. The highest BCUT2D eigenvalue weighted by Crippen LogP contribution is 2.43. The third-order valence-corrected chi connectivity index (χ3v) is 8.28. The summed E-state index contributed by atoms with van der Waals surface area (Å²) in [5.41, 5.74) is -0.0455. The van der Waals surface area contributed by atoms with Gasteiger partial charge in [0, 0.05) is 25.5 Å². The zero-order chi connectivity index (χ0) is 30.3. The van der Waals surface area contributed by atoms with E-state index in [1.807, 2.05) is 34.6 Å². The topological polar surface area (TPSA) is 97.8 Å². The molecule has 1 heterocycles. The van der Waals surface area contributed by atoms with Crippen molar-refractivity contribution in [2.45, 2.75) is 106 Å². The first kappa shape index (κ1) is 33.6. The number of amides is 1. The zero-order valence-corrected chi connectivity index (χ0v) is 26.0. The lowest BCUT2D eigenvalue weighted by Crippen LogP contribution is -2.45. The Hall–Kier alpha value is -2.57. The summed E-state index contributed by atoms with van der Waals surface area (Å²) in [6, 6.07) is -0.655. The fourth-order valence-corrected chi connectivity index (χ4v) is 5.86. The van der Waals surface area contributed by atoms with Crippen LogP contribution in [0.4, 0.5) is 0 Å². The van der Waals surface area contributed by atoms with Crippen LogP contribution in [0, 0.1) is 34.5 Å². The van der Waals surface area contributed by atoms with Gasteiger partial charge in [0.1, 0.15) is 0 Å². The van der Waals surface area contributed by atoms with E-state index in [0.717, 1.165) is 25.7 Å². The van der Waals surface area contributed by atoms with Crippen molar-refractivity contribution in [2.24, 2.45) is 34.5 Å². The summed E-state index contributed by atoms with van der Waals surface area (Å²) in [6.07, 6.45) is 11.4. The molecule has 1 saturated carbocycles. The van der Waals surface area contributed by atoms with Crippen LogP contribution in [0.3, 0.4) is 0 Å². The van der Waals surface area contributed by atoms with Crippen LogP contribution in [0.5, 0.6) is 0 Å². The van der Waals surface area contributed by atoms with E-state index in [1.54, 1.807) is 11.0 Å². The highest BCUT2D eigenvalue weighted by atomic mass is 16.5. The summed E-state index contributed by atoms with van der Waals surface area (Å²) in [7, 11) is 0. The predicted molar refractivity (Wildman–Crippen MR) is 156 cm³/mol. The van der Waals surface area contributed by atoms with E-state index in [2.05, 4.69) is 13.8 Å². The standard InChI is InChI=1S/C33H51NO6/c1-9-10-25(30(38)23(4)35)11-13-28(36)27-19-33(7,8)21-34(27)31(39)26(12-14-29(37)40-20-22(2)3)24-15-17-32(5,6)18-16-24/h11-14,22,24-27H,9-10,15-21H2,1-8H3/b13-11+,14-12+/t25?,26-,27-/m0/s1. The van der Waals surface area contributed by atoms with Crippen molar-refractivity contribution in [2.75, 3.05) is 13.2 Å². The molecule has 1 aliphatic heterocycles. The molecule has 1 saturated heterocycles. The van der Waals surface area contributed by atoms with Crippen molar-refractivity contribution in [1.82, 2.24) is 4.90 Å². The maximum absolute atomic E-state index is 14.2. The second-order valence-electron chi connectivity index (χ2n) is 13.8. The number of ether oxygens (including phenoxy) is 1. The number of likely N-dealkylation sites (tertiary alicyclic amines) is 1. The third kappa shape index (κ3) is 9.81. The summed E-state index contributed by atoms with van der Waals surface area (Å²) in [4.78, 5) is 65.8. The monoisotopic (exact) mass is 557 g/mol. The van der Waals surface area contributed by atoms with Crippen LogP contribution >= 0.6 is 0 Å². The molecule has 2 aliphatic rings. The lowest BCUT2D eigenvalue weighted by Gasteiger charge is -2.38. The molecule has 3 atom stereocenters. The number of hydrogen-bond acceptors (Lipinski definition) is 6. The smallest absolute Gasteiger partial charge is 0.330 e. The molecule has 0 N–H and O–H groups in total. The molecule has 0 aromatic rings. The molecule has 2 rings (SSSR count). The second kappa shape index (κ2) is 14.4. The van der Waals surface area contributed by atoms with Crippen molar-refractivity contribution in [3.8, 4) is 0 Å². The molecule has 1 amide bonds. The van der Waals surface area contributed by atoms with Gasteiger partial charge in [-0.1, -0.05) is 67.0 Å². The van der Waals surface area contributed by atoms with Gasteiger partial charge < -0.3 is 9.64 Å². The van der Waals surface area contributed by atoms with E-state index in [-0.39, 0.29) is 34.4 Å². The summed E-state index contributed by atoms with van der Waals surface area (Å²) < 4.78 is 5.32. The first-order chi connectivity index (χ1) is 18.6. The number of ketones is 3. The van der Waals surface area contributed by atoms with Crippen molar-refractivity contribution < 1.29 is 28.7 Å². The SMILES string of the molecule is CCCC(/C=C/C(=O)[C@@H]1CC(C)(C)CN1C(=O)[C@@H](/C=C/C(=O)OCC(C)C)C1CCC(C)(C)CC1)C(=O)C(C)=O. The number of carbonyl (C=O) groups is 5. The van der Waals surface area contributed by atoms with E-state index in [1.165, 1.54) is 25.2 Å². The Kier molecular flexibility index (Phi) is 12.1. The zero-order valence-electron chi connectivity index (χ0n) is 26.0. The van der Waals surface area contributed by atoms with Gasteiger partial charge in [0.25, 0.3) is 0 Å². The van der Waals surface area contributed by atoms with Gasteiger partial charge in [-0.2, -0.15) is 0 Å². The van der Waals surface area contributed by atoms with Crippen LogP contribution in [0.25, 0.3) is 0 Å². The average molecular weight is 558 g/mol. The molecule has 2 fully saturated rings. The number of rotatable bonds is 13. The van der Waals surface area contributed by atoms with Crippen LogP contribution in [-0.4, -0.2) is 53.3 Å². The number of carbonyl (C=O) groups excluding carboxylic acids is 5. The van der Waals surface area contributed by atoms with Crippen LogP contribution in [-0.2, 0) is 28.7 Å². The number of esters is 1. The maximum atomic E-state index is 14.2. The molecule has 1 unspecified atom stereocenters. The molecular weight excluding hydrogens is 506 g/mol. The average Bonchev–Trinajstić information content (AvgIpc) is 3.20. The Morgan fingerprint density at radius 3 is 2.12 bits per heavy atom. The molecule has 0 bridgehead atoms. The normalized spacial score (nSPS) is 22.5. The fourth-order valence-electron chi connectivity index (χ4n) is 5.86. The van der Waals surface area contributed by atoms with E-state index < -0.39 is 35.4 Å². The van der Waals surface area contributed by atoms with Gasteiger partial charge in [0.2, 0.25) is 11.7 Å². The number of Topliss-reactive ketones (excluding diaryl/α,β-unsaturated/α-hetero) is 2. The van der Waals surface area contributed by atoms with Crippen molar-refractivity contribution >= 4 is 29.2 Å². The predicted octanol–water partition coefficient (Wildman–Crippen LogP) is 5.90. The minimum Gasteiger partial charge on any atom is -0.462 e. The first-order valence-electron chi connectivity index (χ1n) is 15.0. The van der Waals surface area contributed by atoms with Gasteiger partial charge in [-0.15, -0.1) is 0 Å². The number of hydrogen-bond donors (Lipinski definition) is 0. The lowest BCUT2D eigenvalue weighted by molar-refractivity contribution is -0.140. The summed E-state index contributed by atoms with van der Waals surface area (Å²) in [5, 5.41) is 0. The Bertz CT molecular complexity index is 994. The maximum Gasteiger partial charge on any atom is 0.330 e. The van der Waals surface area contributed by atoms with Crippen LogP contribution in [0.1, 0.15) is 100 Å². The molecule has 0 aromatic carbocycles. The molecule has 7 heteroatoms. The van der Waals surface area contributed by atoms with Gasteiger partial charge in [-0.3, -0.25) is 19.2 Å². The minimum absolute atomic E-state index is 0.0757. The van der Waals surface area contributed by atoms with Gasteiger partial charge in [-0.05, 0) is 67.3 Å². The number of nitrogens with zero attached hydrogens (tertiary/aromatic N) is 1. The molecule has 0 spiro atoms. The van der Waals surface area contributed by atoms with Crippen molar-refractivity contribution in [3.63, 3.8) is 0 Å². The largest absolute Gasteiger partial charge is 0.462 e. The highest BCUT2D eigenvalue weighted by Gasteiger charge is 2.46. The Morgan fingerprint density at radius 2 is 1.57 bits per heavy atom. The van der Waals surface area contributed by atoms with Crippen LogP contribution < -0.4 is 0 Å². The molecule has 40 heavy (non-hydrogen) atoms. The quantitative estimate of drug-likeness (QED) is 0.159. The Morgan fingerprint density at radius 1 is 0.950 bits per heavy atom. The lowest BCUT2D eigenvalue weighted by atomic mass is 9.69. The van der Waals surface area contributed by atoms with Gasteiger partial charge in [0.15, 0.2) is 11.6 Å².